The quantitative estimate of drug-likeness (QED) is 0.430. The van der Waals surface area contributed by atoms with Crippen molar-refractivity contribution in [2.45, 2.75) is 13.8 Å². The predicted molar refractivity (Wildman–Crippen MR) is 53.7 cm³/mol. The van der Waals surface area contributed by atoms with Crippen molar-refractivity contribution >= 4 is 11.8 Å². The maximum Gasteiger partial charge on any atom is 0.305 e. The number of hydrogen-bond donors (Lipinski definition) is 0. The molecule has 0 saturated heterocycles. The van der Waals surface area contributed by atoms with E-state index in [2.05, 4.69) is 4.74 Å². The number of Topliss-reactive ketones (excluding diaryl/α,β-unsaturated/α-hetero) is 1. The third-order valence-electron chi connectivity index (χ3n) is 1.75. The molecule has 80 valence electrons. The van der Waals surface area contributed by atoms with Crippen LogP contribution in [0.25, 0.3) is 0 Å². The van der Waals surface area contributed by atoms with E-state index in [0.717, 1.165) is 0 Å². The first-order chi connectivity index (χ1) is 7.09. The average molecular weight is 208 g/mol. The summed E-state index contributed by atoms with van der Waals surface area (Å²) in [5.74, 6) is 0.165. The van der Waals surface area contributed by atoms with E-state index < -0.39 is 5.97 Å². The van der Waals surface area contributed by atoms with Crippen molar-refractivity contribution in [2.75, 3.05) is 6.79 Å². The van der Waals surface area contributed by atoms with Gasteiger partial charge < -0.3 is 9.47 Å². The molecule has 1 aromatic carbocycles. The van der Waals surface area contributed by atoms with Crippen LogP contribution in [0.1, 0.15) is 24.2 Å². The van der Waals surface area contributed by atoms with Crippen molar-refractivity contribution in [2.24, 2.45) is 0 Å². The van der Waals surface area contributed by atoms with Crippen molar-refractivity contribution in [3.8, 4) is 5.75 Å². The number of carbonyl (C=O) groups is 2. The molecule has 0 unspecified atom stereocenters. The lowest BCUT2D eigenvalue weighted by molar-refractivity contribution is -0.147. The molecular formula is C11H12O4. The van der Waals surface area contributed by atoms with E-state index in [1.54, 1.807) is 24.3 Å². The molecule has 0 heterocycles. The number of esters is 1. The Morgan fingerprint density at radius 3 is 2.20 bits per heavy atom. The van der Waals surface area contributed by atoms with Crippen LogP contribution in [0.5, 0.6) is 5.75 Å². The van der Waals surface area contributed by atoms with E-state index in [1.165, 1.54) is 13.8 Å². The Labute approximate surface area is 87.8 Å². The van der Waals surface area contributed by atoms with Crippen LogP contribution in [0.15, 0.2) is 24.3 Å². The molecule has 0 bridgehead atoms. The van der Waals surface area contributed by atoms with Crippen LogP contribution >= 0.6 is 0 Å². The zero-order valence-electron chi connectivity index (χ0n) is 8.65. The molecule has 0 N–H and O–H groups in total. The molecule has 0 amide bonds. The summed E-state index contributed by atoms with van der Waals surface area (Å²) in [6.45, 7) is 2.69. The summed E-state index contributed by atoms with van der Waals surface area (Å²) < 4.78 is 9.69. The lowest BCUT2D eigenvalue weighted by atomic mass is 10.1. The molecule has 0 fully saturated rings. The van der Waals surface area contributed by atoms with Gasteiger partial charge >= 0.3 is 5.97 Å². The highest BCUT2D eigenvalue weighted by Crippen LogP contribution is 2.12. The lowest BCUT2D eigenvalue weighted by Crippen LogP contribution is -2.06. The van der Waals surface area contributed by atoms with Crippen molar-refractivity contribution < 1.29 is 19.1 Å². The SMILES string of the molecule is CC(=O)OCOc1ccc(C(C)=O)cc1. The Balaban J connectivity index is 2.50. The monoisotopic (exact) mass is 208 g/mol. The molecular weight excluding hydrogens is 196 g/mol. The number of carbonyl (C=O) groups excluding carboxylic acids is 2. The van der Waals surface area contributed by atoms with Crippen molar-refractivity contribution in [3.63, 3.8) is 0 Å². The van der Waals surface area contributed by atoms with E-state index >= 15 is 0 Å². The third-order valence-corrected chi connectivity index (χ3v) is 1.75. The first kappa shape index (κ1) is 11.2. The fraction of sp³-hybridized carbons (Fsp3) is 0.273. The highest BCUT2D eigenvalue weighted by Gasteiger charge is 1.99. The fourth-order valence-electron chi connectivity index (χ4n) is 0.966. The van der Waals surface area contributed by atoms with Crippen LogP contribution in [0.2, 0.25) is 0 Å². The third kappa shape index (κ3) is 3.81. The minimum atomic E-state index is -0.393. The predicted octanol–water partition coefficient (Wildman–Crippen LogP) is 1.79. The highest BCUT2D eigenvalue weighted by atomic mass is 16.7. The molecule has 0 spiro atoms. The smallest absolute Gasteiger partial charge is 0.305 e. The Morgan fingerprint density at radius 2 is 1.73 bits per heavy atom. The summed E-state index contributed by atoms with van der Waals surface area (Å²) in [6.07, 6.45) is 0. The van der Waals surface area contributed by atoms with Gasteiger partial charge in [-0.1, -0.05) is 0 Å². The number of benzene rings is 1. The standard InChI is InChI=1S/C11H12O4/c1-8(12)10-3-5-11(6-4-10)15-7-14-9(2)13/h3-6H,7H2,1-2H3. The molecule has 15 heavy (non-hydrogen) atoms. The molecule has 0 aromatic heterocycles. The number of ether oxygens (including phenoxy) is 2. The zero-order valence-corrected chi connectivity index (χ0v) is 8.65. The number of ketones is 1. The maximum absolute atomic E-state index is 10.9. The Kier molecular flexibility index (Phi) is 3.85. The van der Waals surface area contributed by atoms with Crippen LogP contribution in [0, 0.1) is 0 Å². The minimum absolute atomic E-state index is 0.00142. The largest absolute Gasteiger partial charge is 0.457 e. The van der Waals surface area contributed by atoms with Gasteiger partial charge in [0.1, 0.15) is 5.75 Å². The van der Waals surface area contributed by atoms with E-state index in [-0.39, 0.29) is 12.6 Å². The minimum Gasteiger partial charge on any atom is -0.457 e. The second-order valence-corrected chi connectivity index (χ2v) is 2.98. The summed E-state index contributed by atoms with van der Waals surface area (Å²) in [7, 11) is 0. The summed E-state index contributed by atoms with van der Waals surface area (Å²) in [5.41, 5.74) is 0.620. The first-order valence-electron chi connectivity index (χ1n) is 4.47. The van der Waals surface area contributed by atoms with Crippen LogP contribution in [0.4, 0.5) is 0 Å². The first-order valence-corrected chi connectivity index (χ1v) is 4.47. The van der Waals surface area contributed by atoms with Gasteiger partial charge in [0, 0.05) is 12.5 Å². The lowest BCUT2D eigenvalue weighted by Gasteiger charge is -2.05. The molecule has 0 atom stereocenters. The van der Waals surface area contributed by atoms with E-state index in [1.807, 2.05) is 0 Å². The Morgan fingerprint density at radius 1 is 1.13 bits per heavy atom. The van der Waals surface area contributed by atoms with Gasteiger partial charge in [-0.15, -0.1) is 0 Å². The average Bonchev–Trinajstić information content (AvgIpc) is 2.18. The molecule has 1 aromatic rings. The number of hydrogen-bond acceptors (Lipinski definition) is 4. The van der Waals surface area contributed by atoms with Crippen molar-refractivity contribution in [3.05, 3.63) is 29.8 Å². The highest BCUT2D eigenvalue weighted by molar-refractivity contribution is 5.94. The molecule has 4 heteroatoms. The van der Waals surface area contributed by atoms with Gasteiger partial charge in [-0.3, -0.25) is 9.59 Å². The molecule has 1 rings (SSSR count). The van der Waals surface area contributed by atoms with Gasteiger partial charge in [0.15, 0.2) is 5.78 Å². The maximum atomic E-state index is 10.9. The van der Waals surface area contributed by atoms with Crippen molar-refractivity contribution in [1.82, 2.24) is 0 Å². The van der Waals surface area contributed by atoms with Crippen LogP contribution < -0.4 is 4.74 Å². The van der Waals surface area contributed by atoms with E-state index in [0.29, 0.717) is 11.3 Å². The Hall–Kier alpha value is -1.84. The zero-order chi connectivity index (χ0) is 11.3. The van der Waals surface area contributed by atoms with E-state index in [4.69, 9.17) is 4.74 Å². The molecule has 0 aliphatic heterocycles. The van der Waals surface area contributed by atoms with Gasteiger partial charge in [0.05, 0.1) is 0 Å². The molecule has 0 radical (unpaired) electrons. The van der Waals surface area contributed by atoms with Gasteiger partial charge in [-0.25, -0.2) is 0 Å². The van der Waals surface area contributed by atoms with Crippen molar-refractivity contribution in [1.29, 1.82) is 0 Å². The van der Waals surface area contributed by atoms with Crippen LogP contribution in [0.3, 0.4) is 0 Å². The van der Waals surface area contributed by atoms with Gasteiger partial charge in [-0.2, -0.15) is 0 Å². The normalized spacial score (nSPS) is 9.47. The molecule has 0 saturated carbocycles. The van der Waals surface area contributed by atoms with Gasteiger partial charge in [0.2, 0.25) is 6.79 Å². The van der Waals surface area contributed by atoms with Crippen LogP contribution in [-0.4, -0.2) is 18.5 Å². The second kappa shape index (κ2) is 5.14. The Bertz CT molecular complexity index is 353. The summed E-state index contributed by atoms with van der Waals surface area (Å²) in [5, 5.41) is 0. The summed E-state index contributed by atoms with van der Waals surface area (Å²) in [6, 6.07) is 6.62. The fourth-order valence-corrected chi connectivity index (χ4v) is 0.966. The van der Waals surface area contributed by atoms with Gasteiger partial charge in [0.25, 0.3) is 0 Å². The summed E-state index contributed by atoms with van der Waals surface area (Å²) in [4.78, 5) is 21.4. The van der Waals surface area contributed by atoms with Crippen LogP contribution in [-0.2, 0) is 9.53 Å². The number of rotatable bonds is 4. The molecule has 4 nitrogen and oxygen atoms in total. The van der Waals surface area contributed by atoms with E-state index in [9.17, 15) is 9.59 Å². The topological polar surface area (TPSA) is 52.6 Å². The summed E-state index contributed by atoms with van der Waals surface area (Å²) >= 11 is 0. The second-order valence-electron chi connectivity index (χ2n) is 2.98. The van der Waals surface area contributed by atoms with Gasteiger partial charge in [-0.05, 0) is 31.2 Å². The molecule has 0 aliphatic rings. The molecule has 0 aliphatic carbocycles.